The summed E-state index contributed by atoms with van der Waals surface area (Å²) in [4.78, 5) is 15.1. The van der Waals surface area contributed by atoms with Crippen LogP contribution < -0.4 is 0 Å². The van der Waals surface area contributed by atoms with Gasteiger partial charge in [-0.1, -0.05) is 0 Å². The minimum absolute atomic E-state index is 0. The number of halogens is 1. The molecule has 72 valence electrons. The predicted molar refractivity (Wildman–Crippen MR) is 52.0 cm³/mol. The number of carbonyl (C=O) groups is 1. The summed E-state index contributed by atoms with van der Waals surface area (Å²) < 4.78 is 2.04. The van der Waals surface area contributed by atoms with E-state index < -0.39 is 0 Å². The molecule has 0 aromatic carbocycles. The van der Waals surface area contributed by atoms with Crippen molar-refractivity contribution in [2.75, 3.05) is 0 Å². The Morgan fingerprint density at radius 3 is 3.00 bits per heavy atom. The second kappa shape index (κ2) is 4.42. The lowest BCUT2D eigenvalue weighted by Gasteiger charge is -2.21. The van der Waals surface area contributed by atoms with Gasteiger partial charge in [-0.15, -0.1) is 12.4 Å². The molecule has 0 aliphatic heterocycles. The Hall–Kier alpha value is -0.830. The lowest BCUT2D eigenvalue weighted by atomic mass is 9.94. The molecule has 1 heterocycles. The average molecular weight is 201 g/mol. The van der Waals surface area contributed by atoms with Gasteiger partial charge < -0.3 is 4.57 Å². The Labute approximate surface area is 83.6 Å². The van der Waals surface area contributed by atoms with Gasteiger partial charge in [0.1, 0.15) is 5.78 Å². The van der Waals surface area contributed by atoms with Gasteiger partial charge in [-0.25, -0.2) is 4.98 Å². The number of aromatic nitrogens is 2. The molecule has 0 saturated heterocycles. The van der Waals surface area contributed by atoms with Gasteiger partial charge in [-0.2, -0.15) is 0 Å². The van der Waals surface area contributed by atoms with E-state index in [4.69, 9.17) is 0 Å². The number of imidazole rings is 1. The average Bonchev–Trinajstić information content (AvgIpc) is 2.56. The Kier molecular flexibility index (Phi) is 3.48. The van der Waals surface area contributed by atoms with Gasteiger partial charge in [0.2, 0.25) is 0 Å². The number of hydrogen-bond acceptors (Lipinski definition) is 2. The van der Waals surface area contributed by atoms with Crippen molar-refractivity contribution in [3.8, 4) is 0 Å². The zero-order valence-corrected chi connectivity index (χ0v) is 8.17. The van der Waals surface area contributed by atoms with Crippen molar-refractivity contribution in [3.63, 3.8) is 0 Å². The van der Waals surface area contributed by atoms with E-state index in [0.29, 0.717) is 18.2 Å². The molecule has 0 bridgehead atoms. The third kappa shape index (κ3) is 2.31. The van der Waals surface area contributed by atoms with E-state index in [0.717, 1.165) is 19.3 Å². The molecule has 1 aromatic heterocycles. The van der Waals surface area contributed by atoms with Crippen LogP contribution in [0.2, 0.25) is 0 Å². The molecule has 1 unspecified atom stereocenters. The van der Waals surface area contributed by atoms with Gasteiger partial charge in [0.25, 0.3) is 0 Å². The molecule has 0 N–H and O–H groups in total. The normalized spacial score (nSPS) is 22.5. The Morgan fingerprint density at radius 1 is 1.54 bits per heavy atom. The summed E-state index contributed by atoms with van der Waals surface area (Å²) >= 11 is 0. The van der Waals surface area contributed by atoms with Gasteiger partial charge in [0.15, 0.2) is 0 Å². The number of nitrogens with zero attached hydrogens (tertiary/aromatic N) is 2. The first-order valence-electron chi connectivity index (χ1n) is 4.35. The van der Waals surface area contributed by atoms with Crippen LogP contribution in [0, 0.1) is 0 Å². The Morgan fingerprint density at radius 2 is 2.38 bits per heavy atom. The van der Waals surface area contributed by atoms with Crippen LogP contribution in [0.1, 0.15) is 31.7 Å². The van der Waals surface area contributed by atoms with Gasteiger partial charge in [-0.3, -0.25) is 4.79 Å². The Bertz CT molecular complexity index is 271. The second-order valence-electron chi connectivity index (χ2n) is 3.30. The van der Waals surface area contributed by atoms with Crippen LogP contribution in [0.25, 0.3) is 0 Å². The summed E-state index contributed by atoms with van der Waals surface area (Å²) in [5, 5.41) is 0. The number of carbonyl (C=O) groups excluding carboxylic acids is 1. The molecule has 0 radical (unpaired) electrons. The zero-order valence-electron chi connectivity index (χ0n) is 7.35. The lowest BCUT2D eigenvalue weighted by Crippen LogP contribution is -2.17. The first-order valence-corrected chi connectivity index (χ1v) is 4.35. The second-order valence-corrected chi connectivity index (χ2v) is 3.30. The van der Waals surface area contributed by atoms with Gasteiger partial charge >= 0.3 is 0 Å². The van der Waals surface area contributed by atoms with Crippen LogP contribution in [-0.4, -0.2) is 15.3 Å². The van der Waals surface area contributed by atoms with E-state index >= 15 is 0 Å². The molecule has 0 amide bonds. The van der Waals surface area contributed by atoms with Gasteiger partial charge in [0.05, 0.1) is 6.33 Å². The highest BCUT2D eigenvalue weighted by atomic mass is 35.5. The van der Waals surface area contributed by atoms with E-state index in [1.54, 1.807) is 12.5 Å². The van der Waals surface area contributed by atoms with Crippen LogP contribution >= 0.6 is 12.4 Å². The van der Waals surface area contributed by atoms with Crippen LogP contribution in [0.4, 0.5) is 0 Å². The molecule has 13 heavy (non-hydrogen) atoms. The zero-order chi connectivity index (χ0) is 8.39. The van der Waals surface area contributed by atoms with E-state index in [1.807, 2.05) is 10.8 Å². The molecule has 3 nitrogen and oxygen atoms in total. The smallest absolute Gasteiger partial charge is 0.134 e. The first-order chi connectivity index (χ1) is 5.86. The Balaban J connectivity index is 0.000000845. The maximum absolute atomic E-state index is 11.1. The summed E-state index contributed by atoms with van der Waals surface area (Å²) in [6.45, 7) is 0. The third-order valence-corrected chi connectivity index (χ3v) is 2.40. The monoisotopic (exact) mass is 200 g/mol. The molecule has 2 rings (SSSR count). The van der Waals surface area contributed by atoms with E-state index in [2.05, 4.69) is 4.98 Å². The summed E-state index contributed by atoms with van der Waals surface area (Å²) in [5.41, 5.74) is 0. The maximum atomic E-state index is 11.1. The van der Waals surface area contributed by atoms with Crippen molar-refractivity contribution in [3.05, 3.63) is 18.7 Å². The fourth-order valence-corrected chi connectivity index (χ4v) is 1.74. The fourth-order valence-electron chi connectivity index (χ4n) is 1.74. The molecule has 1 aliphatic carbocycles. The van der Waals surface area contributed by atoms with Crippen molar-refractivity contribution >= 4 is 18.2 Å². The maximum Gasteiger partial charge on any atom is 0.134 e. The number of rotatable bonds is 1. The van der Waals surface area contributed by atoms with Crippen LogP contribution in [0.5, 0.6) is 0 Å². The summed E-state index contributed by atoms with van der Waals surface area (Å²) in [7, 11) is 0. The van der Waals surface area contributed by atoms with Crippen molar-refractivity contribution in [2.45, 2.75) is 31.7 Å². The van der Waals surface area contributed by atoms with Crippen LogP contribution in [-0.2, 0) is 4.79 Å². The summed E-state index contributed by atoms with van der Waals surface area (Å²) in [6, 6.07) is 0.369. The molecular formula is C9H13ClN2O. The van der Waals surface area contributed by atoms with E-state index in [1.165, 1.54) is 0 Å². The SMILES string of the molecule is Cl.O=C1CCCC(n2ccnc2)C1. The van der Waals surface area contributed by atoms with Crippen molar-refractivity contribution in [2.24, 2.45) is 0 Å². The first kappa shape index (κ1) is 10.3. The fraction of sp³-hybridized carbons (Fsp3) is 0.556. The van der Waals surface area contributed by atoms with Gasteiger partial charge in [0, 0.05) is 31.3 Å². The van der Waals surface area contributed by atoms with Crippen molar-refractivity contribution < 1.29 is 4.79 Å². The third-order valence-electron chi connectivity index (χ3n) is 2.40. The molecule has 1 atom stereocenters. The molecule has 0 spiro atoms. The molecule has 1 fully saturated rings. The summed E-state index contributed by atoms with van der Waals surface area (Å²) in [6.07, 6.45) is 9.09. The molecule has 1 aliphatic rings. The molecule has 1 saturated carbocycles. The molecule has 4 heteroatoms. The predicted octanol–water partition coefficient (Wildman–Crippen LogP) is 1.99. The van der Waals surface area contributed by atoms with Gasteiger partial charge in [-0.05, 0) is 12.8 Å². The lowest BCUT2D eigenvalue weighted by molar-refractivity contribution is -0.121. The number of Topliss-reactive ketones (excluding diaryl/α,β-unsaturated/α-hetero) is 1. The van der Waals surface area contributed by atoms with Crippen LogP contribution in [0.15, 0.2) is 18.7 Å². The topological polar surface area (TPSA) is 34.9 Å². The quantitative estimate of drug-likeness (QED) is 0.695. The van der Waals surface area contributed by atoms with E-state index in [9.17, 15) is 4.79 Å². The highest BCUT2D eigenvalue weighted by Gasteiger charge is 2.19. The van der Waals surface area contributed by atoms with Crippen molar-refractivity contribution in [1.29, 1.82) is 0 Å². The summed E-state index contributed by atoms with van der Waals surface area (Å²) in [5.74, 6) is 0.389. The van der Waals surface area contributed by atoms with E-state index in [-0.39, 0.29) is 12.4 Å². The minimum atomic E-state index is 0. The highest BCUT2D eigenvalue weighted by Crippen LogP contribution is 2.25. The minimum Gasteiger partial charge on any atom is -0.334 e. The van der Waals surface area contributed by atoms with Crippen LogP contribution in [0.3, 0.4) is 0 Å². The standard InChI is InChI=1S/C9H12N2O.ClH/c12-9-3-1-2-8(6-9)11-5-4-10-7-11;/h4-5,7-8H,1-3,6H2;1H. The molecule has 1 aromatic rings. The number of hydrogen-bond donors (Lipinski definition) is 0. The largest absolute Gasteiger partial charge is 0.334 e. The highest BCUT2D eigenvalue weighted by molar-refractivity contribution is 5.85. The number of ketones is 1. The van der Waals surface area contributed by atoms with Crippen molar-refractivity contribution in [1.82, 2.24) is 9.55 Å². The molecular weight excluding hydrogens is 188 g/mol.